The molecule has 1 unspecified atom stereocenters. The van der Waals surface area contributed by atoms with E-state index in [1.807, 2.05) is 42.1 Å². The molecule has 0 saturated carbocycles. The van der Waals surface area contributed by atoms with Crippen LogP contribution < -0.4 is 9.64 Å². The van der Waals surface area contributed by atoms with Gasteiger partial charge in [-0.25, -0.2) is 4.39 Å². The molecule has 1 fully saturated rings. The summed E-state index contributed by atoms with van der Waals surface area (Å²) in [6.07, 6.45) is 2.31. The minimum Gasteiger partial charge on any atom is -0.481 e. The van der Waals surface area contributed by atoms with Gasteiger partial charge in [-0.1, -0.05) is 30.3 Å². The maximum atomic E-state index is 13.6. The van der Waals surface area contributed by atoms with Gasteiger partial charge in [-0.15, -0.1) is 0 Å². The molecule has 3 rings (SSSR count). The molecule has 0 bridgehead atoms. The van der Waals surface area contributed by atoms with E-state index in [0.29, 0.717) is 11.8 Å². The lowest BCUT2D eigenvalue weighted by Crippen LogP contribution is -2.39. The Hall–Kier alpha value is -2.01. The average molecular weight is 345 g/mol. The molecule has 0 spiro atoms. The number of para-hydroxylation sites is 2. The number of thioether (sulfide) groups is 1. The first-order valence-corrected chi connectivity index (χ1v) is 9.13. The molecule has 24 heavy (non-hydrogen) atoms. The molecule has 1 saturated heterocycles. The molecule has 0 N–H and O–H groups in total. The highest BCUT2D eigenvalue weighted by Gasteiger charge is 2.24. The quantitative estimate of drug-likeness (QED) is 0.788. The highest BCUT2D eigenvalue weighted by molar-refractivity contribution is 8.00. The third-order valence-corrected chi connectivity index (χ3v) is 5.35. The van der Waals surface area contributed by atoms with Gasteiger partial charge in [0, 0.05) is 17.5 Å². The van der Waals surface area contributed by atoms with Crippen LogP contribution in [0.3, 0.4) is 0 Å². The molecule has 1 amide bonds. The van der Waals surface area contributed by atoms with Gasteiger partial charge in [0.25, 0.3) is 5.91 Å². The molecule has 5 heteroatoms. The summed E-state index contributed by atoms with van der Waals surface area (Å²) < 4.78 is 19.0. The van der Waals surface area contributed by atoms with Gasteiger partial charge in [0.05, 0.1) is 0 Å². The molecule has 0 radical (unpaired) electrons. The second-order valence-electron chi connectivity index (χ2n) is 5.69. The van der Waals surface area contributed by atoms with Crippen molar-refractivity contribution >= 4 is 23.4 Å². The predicted molar refractivity (Wildman–Crippen MR) is 96.2 cm³/mol. The molecular weight excluding hydrogens is 325 g/mol. The fourth-order valence-corrected chi connectivity index (χ4v) is 3.98. The van der Waals surface area contributed by atoms with E-state index >= 15 is 0 Å². The Morgan fingerprint density at radius 3 is 2.62 bits per heavy atom. The Kier molecular flexibility index (Phi) is 5.75. The third kappa shape index (κ3) is 4.29. The van der Waals surface area contributed by atoms with Crippen LogP contribution in [0.4, 0.5) is 10.1 Å². The Morgan fingerprint density at radius 2 is 1.92 bits per heavy atom. The average Bonchev–Trinajstić information content (AvgIpc) is 3.13. The van der Waals surface area contributed by atoms with Crippen molar-refractivity contribution in [2.75, 3.05) is 23.8 Å². The molecule has 1 aliphatic heterocycles. The number of nitrogens with zero attached hydrogens (tertiary/aromatic N) is 1. The number of ether oxygens (including phenoxy) is 1. The number of benzene rings is 2. The normalized spacial score (nSPS) is 16.8. The Bertz CT molecular complexity index is 674. The topological polar surface area (TPSA) is 29.5 Å². The first kappa shape index (κ1) is 16.8. The summed E-state index contributed by atoms with van der Waals surface area (Å²) in [5, 5.41) is 0.447. The lowest BCUT2D eigenvalue weighted by molar-refractivity contribution is -0.120. The number of hydrogen-bond acceptors (Lipinski definition) is 3. The summed E-state index contributed by atoms with van der Waals surface area (Å²) in [5.74, 6) is 0.640. The smallest absolute Gasteiger partial charge is 0.264 e. The van der Waals surface area contributed by atoms with Gasteiger partial charge in [0.1, 0.15) is 0 Å². The van der Waals surface area contributed by atoms with Gasteiger partial charge in [-0.2, -0.15) is 11.8 Å². The molecule has 3 nitrogen and oxygen atoms in total. The number of halogens is 1. The lowest BCUT2D eigenvalue weighted by Gasteiger charge is -2.25. The molecular formula is C19H20FNO2S. The van der Waals surface area contributed by atoms with Crippen LogP contribution >= 0.6 is 11.8 Å². The number of amides is 1. The Balaban J connectivity index is 1.69. The van der Waals surface area contributed by atoms with E-state index in [1.54, 1.807) is 17.0 Å². The van der Waals surface area contributed by atoms with Crippen LogP contribution in [0.1, 0.15) is 12.8 Å². The largest absolute Gasteiger partial charge is 0.481 e. The van der Waals surface area contributed by atoms with Gasteiger partial charge < -0.3 is 9.64 Å². The van der Waals surface area contributed by atoms with Crippen LogP contribution in [0.2, 0.25) is 0 Å². The van der Waals surface area contributed by atoms with Crippen molar-refractivity contribution in [3.8, 4) is 5.75 Å². The highest BCUT2D eigenvalue weighted by atomic mass is 32.2. The minimum atomic E-state index is -0.456. The van der Waals surface area contributed by atoms with Gasteiger partial charge in [-0.3, -0.25) is 4.79 Å². The summed E-state index contributed by atoms with van der Waals surface area (Å²) in [6, 6.07) is 15.7. The molecule has 0 aromatic heterocycles. The summed E-state index contributed by atoms with van der Waals surface area (Å²) in [6.45, 7) is 0.487. The number of carbonyl (C=O) groups is 1. The SMILES string of the molecule is O=C(COc1ccccc1F)N(CC1CCCS1)c1ccccc1. The van der Waals surface area contributed by atoms with Gasteiger partial charge >= 0.3 is 0 Å². The maximum Gasteiger partial charge on any atom is 0.264 e. The summed E-state index contributed by atoms with van der Waals surface area (Å²) in [5.41, 5.74) is 0.854. The van der Waals surface area contributed by atoms with E-state index in [2.05, 4.69) is 0 Å². The van der Waals surface area contributed by atoms with Crippen molar-refractivity contribution in [1.82, 2.24) is 0 Å². The first-order valence-electron chi connectivity index (χ1n) is 8.08. The molecule has 1 heterocycles. The monoisotopic (exact) mass is 345 g/mol. The van der Waals surface area contributed by atoms with E-state index < -0.39 is 5.82 Å². The molecule has 126 valence electrons. The van der Waals surface area contributed by atoms with E-state index in [0.717, 1.165) is 17.9 Å². The Labute approximate surface area is 145 Å². The van der Waals surface area contributed by atoms with Gasteiger partial charge in [0.15, 0.2) is 18.2 Å². The van der Waals surface area contributed by atoms with E-state index in [9.17, 15) is 9.18 Å². The standard InChI is InChI=1S/C19H20FNO2S/c20-17-10-4-5-11-18(17)23-14-19(22)21(13-16-9-6-12-24-16)15-7-2-1-3-8-15/h1-5,7-8,10-11,16H,6,9,12-14H2. The van der Waals surface area contributed by atoms with E-state index in [-0.39, 0.29) is 18.3 Å². The van der Waals surface area contributed by atoms with Crippen LogP contribution in [0.25, 0.3) is 0 Å². The zero-order valence-corrected chi connectivity index (χ0v) is 14.2. The predicted octanol–water partition coefficient (Wildman–Crippen LogP) is 4.13. The van der Waals surface area contributed by atoms with Crippen molar-refractivity contribution in [1.29, 1.82) is 0 Å². The number of rotatable bonds is 6. The van der Waals surface area contributed by atoms with Crippen LogP contribution in [-0.4, -0.2) is 30.1 Å². The second-order valence-corrected chi connectivity index (χ2v) is 7.10. The number of carbonyl (C=O) groups excluding carboxylic acids is 1. The first-order chi connectivity index (χ1) is 11.7. The molecule has 0 aliphatic carbocycles. The van der Waals surface area contributed by atoms with Crippen molar-refractivity contribution in [2.45, 2.75) is 18.1 Å². The van der Waals surface area contributed by atoms with Crippen molar-refractivity contribution in [3.63, 3.8) is 0 Å². The lowest BCUT2D eigenvalue weighted by atomic mass is 10.2. The molecule has 2 aromatic rings. The van der Waals surface area contributed by atoms with Crippen LogP contribution in [0.5, 0.6) is 5.75 Å². The minimum absolute atomic E-state index is 0.106. The molecule has 1 atom stereocenters. The highest BCUT2D eigenvalue weighted by Crippen LogP contribution is 2.28. The van der Waals surface area contributed by atoms with Gasteiger partial charge in [0.2, 0.25) is 0 Å². The summed E-state index contributed by atoms with van der Waals surface area (Å²) in [4.78, 5) is 14.4. The maximum absolute atomic E-state index is 13.6. The molecule has 1 aliphatic rings. The third-order valence-electron chi connectivity index (χ3n) is 3.97. The summed E-state index contributed by atoms with van der Waals surface area (Å²) >= 11 is 1.90. The van der Waals surface area contributed by atoms with Crippen LogP contribution in [0, 0.1) is 5.82 Å². The van der Waals surface area contributed by atoms with Crippen LogP contribution in [-0.2, 0) is 4.79 Å². The second kappa shape index (κ2) is 8.20. The van der Waals surface area contributed by atoms with Crippen molar-refractivity contribution in [3.05, 3.63) is 60.4 Å². The van der Waals surface area contributed by atoms with Crippen molar-refractivity contribution in [2.24, 2.45) is 0 Å². The summed E-state index contributed by atoms with van der Waals surface area (Å²) in [7, 11) is 0. The van der Waals surface area contributed by atoms with E-state index in [4.69, 9.17) is 4.74 Å². The number of anilines is 1. The zero-order valence-electron chi connectivity index (χ0n) is 13.4. The Morgan fingerprint density at radius 1 is 1.17 bits per heavy atom. The molecule has 2 aromatic carbocycles. The van der Waals surface area contributed by atoms with Crippen LogP contribution in [0.15, 0.2) is 54.6 Å². The number of hydrogen-bond donors (Lipinski definition) is 0. The zero-order chi connectivity index (χ0) is 16.8. The van der Waals surface area contributed by atoms with Crippen molar-refractivity contribution < 1.29 is 13.9 Å². The van der Waals surface area contributed by atoms with Gasteiger partial charge in [-0.05, 0) is 42.9 Å². The fourth-order valence-electron chi connectivity index (χ4n) is 2.73. The fraction of sp³-hybridized carbons (Fsp3) is 0.316. The van der Waals surface area contributed by atoms with E-state index in [1.165, 1.54) is 18.6 Å².